The summed E-state index contributed by atoms with van der Waals surface area (Å²) in [6.07, 6.45) is 2.66. The van der Waals surface area contributed by atoms with Gasteiger partial charge in [0.15, 0.2) is 0 Å². The van der Waals surface area contributed by atoms with E-state index in [0.717, 1.165) is 0 Å². The van der Waals surface area contributed by atoms with Crippen LogP contribution in [0.3, 0.4) is 0 Å². The molecule has 1 aromatic carbocycles. The normalized spacial score (nSPS) is 9.93. The lowest BCUT2D eigenvalue weighted by atomic mass is 10.3. The van der Waals surface area contributed by atoms with E-state index in [9.17, 15) is 4.79 Å². The quantitative estimate of drug-likeness (QED) is 0.580. The average molecular weight is 224 g/mol. The highest BCUT2D eigenvalue weighted by molar-refractivity contribution is 6.32. The molecule has 5 heteroatoms. The summed E-state index contributed by atoms with van der Waals surface area (Å²) in [7, 11) is 0. The van der Waals surface area contributed by atoms with Crippen LogP contribution in [-0.2, 0) is 0 Å². The smallest absolute Gasteiger partial charge is 0.400 e. The van der Waals surface area contributed by atoms with E-state index in [4.69, 9.17) is 20.8 Å². The van der Waals surface area contributed by atoms with Crippen molar-refractivity contribution < 1.29 is 13.9 Å². The van der Waals surface area contributed by atoms with E-state index in [0.29, 0.717) is 5.02 Å². The number of ether oxygens (including phenoxy) is 1. The number of aromatic nitrogens is 1. The first-order chi connectivity index (χ1) is 7.27. The fraction of sp³-hybridized carbons (Fsp3) is 0. The molecule has 0 spiro atoms. The highest BCUT2D eigenvalue weighted by Crippen LogP contribution is 2.23. The Morgan fingerprint density at radius 3 is 2.87 bits per heavy atom. The molecule has 0 aliphatic heterocycles. The van der Waals surface area contributed by atoms with Crippen LogP contribution in [0.15, 0.2) is 41.1 Å². The van der Waals surface area contributed by atoms with Gasteiger partial charge in [-0.05, 0) is 12.1 Å². The Morgan fingerprint density at radius 1 is 1.40 bits per heavy atom. The maximum Gasteiger partial charge on any atom is 0.400 e. The van der Waals surface area contributed by atoms with Gasteiger partial charge in [0.25, 0.3) is 0 Å². The molecule has 0 saturated heterocycles. The highest BCUT2D eigenvalue weighted by Gasteiger charge is 2.14. The Labute approximate surface area is 90.4 Å². The van der Waals surface area contributed by atoms with Gasteiger partial charge in [0, 0.05) is 0 Å². The van der Waals surface area contributed by atoms with Gasteiger partial charge in [-0.15, -0.1) is 0 Å². The van der Waals surface area contributed by atoms with Crippen molar-refractivity contribution in [3.05, 3.63) is 47.6 Å². The summed E-state index contributed by atoms with van der Waals surface area (Å²) in [6, 6.07) is 6.66. The SMILES string of the molecule is O=C(Oc1ccccc1Cl)c1ncco1. The van der Waals surface area contributed by atoms with Crippen LogP contribution in [0.2, 0.25) is 5.02 Å². The van der Waals surface area contributed by atoms with Gasteiger partial charge in [0.2, 0.25) is 0 Å². The molecule has 76 valence electrons. The first-order valence-corrected chi connectivity index (χ1v) is 4.51. The van der Waals surface area contributed by atoms with Crippen molar-refractivity contribution in [1.29, 1.82) is 0 Å². The molecular weight excluding hydrogens is 218 g/mol. The van der Waals surface area contributed by atoms with Gasteiger partial charge in [-0.25, -0.2) is 9.78 Å². The molecule has 2 rings (SSSR count). The summed E-state index contributed by atoms with van der Waals surface area (Å²) in [4.78, 5) is 15.0. The predicted octanol–water partition coefficient (Wildman–Crippen LogP) is 2.55. The molecule has 15 heavy (non-hydrogen) atoms. The third-order valence-electron chi connectivity index (χ3n) is 1.65. The van der Waals surface area contributed by atoms with Crippen LogP contribution < -0.4 is 4.74 Å². The molecule has 0 fully saturated rings. The second-order valence-corrected chi connectivity index (χ2v) is 3.06. The molecule has 0 unspecified atom stereocenters. The van der Waals surface area contributed by atoms with Crippen molar-refractivity contribution in [3.8, 4) is 5.75 Å². The fourth-order valence-corrected chi connectivity index (χ4v) is 1.17. The van der Waals surface area contributed by atoms with Crippen LogP contribution in [0.25, 0.3) is 0 Å². The lowest BCUT2D eigenvalue weighted by Gasteiger charge is -2.02. The van der Waals surface area contributed by atoms with Crippen LogP contribution in [0.1, 0.15) is 10.7 Å². The topological polar surface area (TPSA) is 52.3 Å². The van der Waals surface area contributed by atoms with Crippen molar-refractivity contribution in [2.45, 2.75) is 0 Å². The van der Waals surface area contributed by atoms with Gasteiger partial charge >= 0.3 is 11.9 Å². The third kappa shape index (κ3) is 2.16. The summed E-state index contributed by atoms with van der Waals surface area (Å²) in [5.74, 6) is -0.495. The molecule has 0 saturated carbocycles. The Kier molecular flexibility index (Phi) is 2.69. The van der Waals surface area contributed by atoms with Crippen molar-refractivity contribution in [2.24, 2.45) is 0 Å². The Hall–Kier alpha value is -1.81. The first kappa shape index (κ1) is 9.73. The largest absolute Gasteiger partial charge is 0.440 e. The number of para-hydroxylation sites is 1. The minimum absolute atomic E-state index is 0.102. The van der Waals surface area contributed by atoms with Crippen LogP contribution in [0.4, 0.5) is 0 Å². The second-order valence-electron chi connectivity index (χ2n) is 2.66. The zero-order valence-corrected chi connectivity index (χ0v) is 8.27. The van der Waals surface area contributed by atoms with E-state index >= 15 is 0 Å². The van der Waals surface area contributed by atoms with Crippen molar-refractivity contribution >= 4 is 17.6 Å². The van der Waals surface area contributed by atoms with E-state index in [1.54, 1.807) is 24.3 Å². The molecule has 4 nitrogen and oxygen atoms in total. The lowest BCUT2D eigenvalue weighted by Crippen LogP contribution is -2.08. The Bertz CT molecular complexity index is 467. The minimum atomic E-state index is -0.673. The molecule has 0 aliphatic carbocycles. The third-order valence-corrected chi connectivity index (χ3v) is 1.96. The highest BCUT2D eigenvalue weighted by atomic mass is 35.5. The van der Waals surface area contributed by atoms with Gasteiger partial charge in [-0.3, -0.25) is 0 Å². The van der Waals surface area contributed by atoms with Crippen molar-refractivity contribution in [2.75, 3.05) is 0 Å². The van der Waals surface area contributed by atoms with E-state index < -0.39 is 5.97 Å². The number of hydrogen-bond acceptors (Lipinski definition) is 4. The van der Waals surface area contributed by atoms with E-state index in [2.05, 4.69) is 4.98 Å². The van der Waals surface area contributed by atoms with Crippen molar-refractivity contribution in [3.63, 3.8) is 0 Å². The molecular formula is C10H6ClNO3. The maximum atomic E-state index is 11.4. The number of carbonyl (C=O) groups is 1. The number of hydrogen-bond donors (Lipinski definition) is 0. The standard InChI is InChI=1S/C10H6ClNO3/c11-7-3-1-2-4-8(7)15-10(13)9-12-5-6-14-9/h1-6H. The molecule has 0 atom stereocenters. The van der Waals surface area contributed by atoms with Gasteiger partial charge in [0.1, 0.15) is 12.0 Å². The molecule has 0 N–H and O–H groups in total. The van der Waals surface area contributed by atoms with Crippen LogP contribution in [0, 0.1) is 0 Å². The van der Waals surface area contributed by atoms with E-state index in [1.165, 1.54) is 12.5 Å². The summed E-state index contributed by atoms with van der Waals surface area (Å²) in [5.41, 5.74) is 0. The molecule has 1 heterocycles. The minimum Gasteiger partial charge on any atom is -0.440 e. The van der Waals surface area contributed by atoms with Gasteiger partial charge < -0.3 is 9.15 Å². The van der Waals surface area contributed by atoms with E-state index in [1.807, 2.05) is 0 Å². The summed E-state index contributed by atoms with van der Waals surface area (Å²) >= 11 is 5.80. The summed E-state index contributed by atoms with van der Waals surface area (Å²) in [5, 5.41) is 0.359. The molecule has 0 bridgehead atoms. The number of rotatable bonds is 2. The number of halogens is 1. The van der Waals surface area contributed by atoms with Gasteiger partial charge in [-0.1, -0.05) is 23.7 Å². The van der Waals surface area contributed by atoms with Crippen molar-refractivity contribution in [1.82, 2.24) is 4.98 Å². The van der Waals surface area contributed by atoms with Crippen LogP contribution >= 0.6 is 11.6 Å². The number of esters is 1. The predicted molar refractivity (Wildman–Crippen MR) is 52.9 cm³/mol. The first-order valence-electron chi connectivity index (χ1n) is 4.13. The summed E-state index contributed by atoms with van der Waals surface area (Å²) < 4.78 is 9.74. The van der Waals surface area contributed by atoms with Crippen LogP contribution in [-0.4, -0.2) is 11.0 Å². The van der Waals surface area contributed by atoms with E-state index in [-0.39, 0.29) is 11.6 Å². The van der Waals surface area contributed by atoms with Gasteiger partial charge in [0.05, 0.1) is 11.2 Å². The molecule has 2 aromatic rings. The zero-order valence-electron chi connectivity index (χ0n) is 7.51. The number of nitrogens with zero attached hydrogens (tertiary/aromatic N) is 1. The summed E-state index contributed by atoms with van der Waals surface area (Å²) in [6.45, 7) is 0. The van der Waals surface area contributed by atoms with Gasteiger partial charge in [-0.2, -0.15) is 0 Å². The molecule has 1 aromatic heterocycles. The monoisotopic (exact) mass is 223 g/mol. The molecule has 0 amide bonds. The fourth-order valence-electron chi connectivity index (χ4n) is 0.995. The lowest BCUT2D eigenvalue weighted by molar-refractivity contribution is 0.0693. The molecule has 0 aliphatic rings. The Balaban J connectivity index is 2.17. The Morgan fingerprint density at radius 2 is 2.20 bits per heavy atom. The number of carbonyl (C=O) groups excluding carboxylic acids is 1. The van der Waals surface area contributed by atoms with Crippen LogP contribution in [0.5, 0.6) is 5.75 Å². The average Bonchev–Trinajstić information content (AvgIpc) is 2.74. The number of oxazole rings is 1. The zero-order chi connectivity index (χ0) is 10.7. The second kappa shape index (κ2) is 4.14. The maximum absolute atomic E-state index is 11.4. The number of benzene rings is 1. The molecule has 0 radical (unpaired) electrons.